The summed E-state index contributed by atoms with van der Waals surface area (Å²) in [5.74, 6) is -0.170. The highest BCUT2D eigenvalue weighted by Crippen LogP contribution is 2.64. The average molecular weight is 433 g/mol. The SMILES string of the molecule is CCCCCc1ccc2c(c1)[C@@H]1[C@H](C(=O)O2)[C@H]2C(=O)Oc3ccc(CCCCC)cc3[C@H]21. The Morgan fingerprint density at radius 3 is 1.47 bits per heavy atom. The lowest BCUT2D eigenvalue weighted by atomic mass is 9.51. The number of esters is 2. The molecular weight excluding hydrogens is 400 g/mol. The summed E-state index contributed by atoms with van der Waals surface area (Å²) in [6, 6.07) is 12.5. The van der Waals surface area contributed by atoms with E-state index >= 15 is 0 Å². The number of fused-ring (bicyclic) bond motifs is 8. The van der Waals surface area contributed by atoms with E-state index in [0.717, 1.165) is 36.8 Å². The third-order valence-corrected chi connectivity index (χ3v) is 7.52. The Kier molecular flexibility index (Phi) is 5.79. The summed E-state index contributed by atoms with van der Waals surface area (Å²) in [5, 5.41) is 0. The Morgan fingerprint density at radius 2 is 1.06 bits per heavy atom. The minimum Gasteiger partial charge on any atom is -0.426 e. The molecule has 0 radical (unpaired) electrons. The Balaban J connectivity index is 1.50. The summed E-state index contributed by atoms with van der Waals surface area (Å²) < 4.78 is 11.3. The third kappa shape index (κ3) is 3.54. The van der Waals surface area contributed by atoms with Crippen molar-refractivity contribution >= 4 is 11.9 Å². The van der Waals surface area contributed by atoms with Gasteiger partial charge in [0.2, 0.25) is 0 Å². The van der Waals surface area contributed by atoms with Gasteiger partial charge in [-0.15, -0.1) is 0 Å². The predicted molar refractivity (Wildman–Crippen MR) is 123 cm³/mol. The van der Waals surface area contributed by atoms with E-state index in [4.69, 9.17) is 9.47 Å². The molecule has 2 aromatic rings. The number of benzene rings is 2. The first-order valence-electron chi connectivity index (χ1n) is 12.3. The Hall–Kier alpha value is -2.62. The smallest absolute Gasteiger partial charge is 0.315 e. The largest absolute Gasteiger partial charge is 0.426 e. The zero-order valence-electron chi connectivity index (χ0n) is 19.1. The molecule has 0 saturated heterocycles. The molecule has 1 aliphatic carbocycles. The second-order valence-electron chi connectivity index (χ2n) is 9.60. The lowest BCUT2D eigenvalue weighted by Crippen LogP contribution is -2.57. The second kappa shape index (κ2) is 8.73. The van der Waals surface area contributed by atoms with Crippen LogP contribution in [0.3, 0.4) is 0 Å². The van der Waals surface area contributed by atoms with Gasteiger partial charge in [0.05, 0.1) is 11.8 Å². The lowest BCUT2D eigenvalue weighted by molar-refractivity contribution is -0.165. The van der Waals surface area contributed by atoms with Crippen LogP contribution in [-0.4, -0.2) is 11.9 Å². The molecule has 32 heavy (non-hydrogen) atoms. The number of hydrogen-bond acceptors (Lipinski definition) is 4. The van der Waals surface area contributed by atoms with E-state index < -0.39 is 11.8 Å². The van der Waals surface area contributed by atoms with Crippen molar-refractivity contribution in [1.82, 2.24) is 0 Å². The van der Waals surface area contributed by atoms with Gasteiger partial charge in [-0.2, -0.15) is 0 Å². The molecule has 168 valence electrons. The Morgan fingerprint density at radius 1 is 0.625 bits per heavy atom. The van der Waals surface area contributed by atoms with Crippen molar-refractivity contribution in [2.45, 2.75) is 77.0 Å². The fraction of sp³-hybridized carbons (Fsp3) is 0.500. The van der Waals surface area contributed by atoms with Crippen molar-refractivity contribution in [1.29, 1.82) is 0 Å². The number of unbranched alkanes of at least 4 members (excludes halogenated alkanes) is 4. The maximum Gasteiger partial charge on any atom is 0.315 e. The van der Waals surface area contributed by atoms with Crippen molar-refractivity contribution in [2.24, 2.45) is 11.8 Å². The summed E-state index contributed by atoms with van der Waals surface area (Å²) >= 11 is 0. The highest BCUT2D eigenvalue weighted by atomic mass is 16.5. The van der Waals surface area contributed by atoms with E-state index in [9.17, 15) is 9.59 Å². The van der Waals surface area contributed by atoms with Gasteiger partial charge in [-0.3, -0.25) is 9.59 Å². The summed E-state index contributed by atoms with van der Waals surface area (Å²) in [7, 11) is 0. The molecule has 4 nitrogen and oxygen atoms in total. The molecule has 0 spiro atoms. The minimum atomic E-state index is -0.442. The molecule has 0 unspecified atom stereocenters. The first-order chi connectivity index (χ1) is 15.6. The van der Waals surface area contributed by atoms with E-state index in [-0.39, 0.29) is 23.8 Å². The molecule has 4 atom stereocenters. The van der Waals surface area contributed by atoms with E-state index in [0.29, 0.717) is 11.5 Å². The van der Waals surface area contributed by atoms with Crippen LogP contribution in [0.25, 0.3) is 0 Å². The Labute approximate surface area is 190 Å². The number of carbonyl (C=O) groups is 2. The molecule has 1 saturated carbocycles. The molecule has 0 bridgehead atoms. The van der Waals surface area contributed by atoms with Gasteiger partial charge in [-0.25, -0.2) is 0 Å². The summed E-state index contributed by atoms with van der Waals surface area (Å²) in [5.41, 5.74) is 4.73. The van der Waals surface area contributed by atoms with Crippen molar-refractivity contribution in [2.75, 3.05) is 0 Å². The van der Waals surface area contributed by atoms with Crippen molar-refractivity contribution in [3.63, 3.8) is 0 Å². The zero-order chi connectivity index (χ0) is 22.2. The maximum atomic E-state index is 12.8. The molecule has 0 amide bonds. The first kappa shape index (κ1) is 21.2. The van der Waals surface area contributed by atoms with Crippen LogP contribution in [-0.2, 0) is 22.4 Å². The number of rotatable bonds is 8. The van der Waals surface area contributed by atoms with E-state index in [1.165, 1.54) is 36.8 Å². The summed E-state index contributed by atoms with van der Waals surface area (Å²) in [6.45, 7) is 4.42. The zero-order valence-corrected chi connectivity index (χ0v) is 19.1. The van der Waals surface area contributed by atoms with E-state index in [1.54, 1.807) is 0 Å². The molecule has 2 aromatic carbocycles. The lowest BCUT2D eigenvalue weighted by Gasteiger charge is -2.53. The topological polar surface area (TPSA) is 52.6 Å². The van der Waals surface area contributed by atoms with Crippen LogP contribution in [0.15, 0.2) is 36.4 Å². The molecule has 2 aliphatic heterocycles. The van der Waals surface area contributed by atoms with E-state index in [1.807, 2.05) is 12.1 Å². The second-order valence-corrected chi connectivity index (χ2v) is 9.60. The minimum absolute atomic E-state index is 0.0140. The predicted octanol–water partition coefficient (Wildman–Crippen LogP) is 6.10. The van der Waals surface area contributed by atoms with Gasteiger partial charge in [-0.05, 0) is 60.1 Å². The van der Waals surface area contributed by atoms with Gasteiger partial charge in [0, 0.05) is 11.8 Å². The van der Waals surface area contributed by atoms with Gasteiger partial charge >= 0.3 is 11.9 Å². The highest BCUT2D eigenvalue weighted by molar-refractivity contribution is 5.92. The van der Waals surface area contributed by atoms with Crippen LogP contribution in [0.1, 0.15) is 86.5 Å². The van der Waals surface area contributed by atoms with Crippen LogP contribution in [0.5, 0.6) is 11.5 Å². The fourth-order valence-corrected chi connectivity index (χ4v) is 5.83. The van der Waals surface area contributed by atoms with Gasteiger partial charge in [0.25, 0.3) is 0 Å². The van der Waals surface area contributed by atoms with Gasteiger partial charge < -0.3 is 9.47 Å². The molecule has 5 rings (SSSR count). The molecule has 1 fully saturated rings. The Bertz CT molecular complexity index is 956. The van der Waals surface area contributed by atoms with Crippen molar-refractivity contribution < 1.29 is 19.1 Å². The molecule has 4 heteroatoms. The normalized spacial score (nSPS) is 24.9. The average Bonchev–Trinajstić information content (AvgIpc) is 2.76. The van der Waals surface area contributed by atoms with Gasteiger partial charge in [-0.1, -0.05) is 63.8 Å². The van der Waals surface area contributed by atoms with Crippen LogP contribution in [0, 0.1) is 11.8 Å². The molecule has 2 heterocycles. The molecular formula is C28H32O4. The molecule has 0 aromatic heterocycles. The van der Waals surface area contributed by atoms with E-state index in [2.05, 4.69) is 38.1 Å². The third-order valence-electron chi connectivity index (χ3n) is 7.52. The number of carbonyl (C=O) groups excluding carboxylic acids is 2. The highest BCUT2D eigenvalue weighted by Gasteiger charge is 2.64. The number of aryl methyl sites for hydroxylation is 2. The van der Waals surface area contributed by atoms with Crippen molar-refractivity contribution in [3.8, 4) is 11.5 Å². The summed E-state index contributed by atoms with van der Waals surface area (Å²) in [6.07, 6.45) is 9.18. The maximum absolute atomic E-state index is 12.8. The molecule has 0 N–H and O–H groups in total. The standard InChI is InChI=1S/C28H32O4/c1-3-5-7-9-17-11-13-21-19(15-17)23-24-20-16-18(10-8-6-4-2)12-14-22(20)32-28(30)26(24)25(23)27(29)31-21/h11-16,23-26H,3-10H2,1-2H3/t23-,24-,25-,26-/m0/s1. The fourth-order valence-electron chi connectivity index (χ4n) is 5.83. The quantitative estimate of drug-likeness (QED) is 0.287. The van der Waals surface area contributed by atoms with Crippen molar-refractivity contribution in [3.05, 3.63) is 58.7 Å². The first-order valence-corrected chi connectivity index (χ1v) is 12.3. The van der Waals surface area contributed by atoms with Crippen LogP contribution >= 0.6 is 0 Å². The van der Waals surface area contributed by atoms with Crippen LogP contribution in [0.2, 0.25) is 0 Å². The van der Waals surface area contributed by atoms with Crippen LogP contribution < -0.4 is 9.47 Å². The summed E-state index contributed by atoms with van der Waals surface area (Å²) in [4.78, 5) is 25.7. The van der Waals surface area contributed by atoms with Gasteiger partial charge in [0.15, 0.2) is 0 Å². The number of hydrogen-bond donors (Lipinski definition) is 0. The number of ether oxygens (including phenoxy) is 2. The molecule has 3 aliphatic rings. The van der Waals surface area contributed by atoms with Gasteiger partial charge in [0.1, 0.15) is 11.5 Å². The monoisotopic (exact) mass is 432 g/mol. The van der Waals surface area contributed by atoms with Crippen LogP contribution in [0.4, 0.5) is 0 Å².